The summed E-state index contributed by atoms with van der Waals surface area (Å²) in [6.07, 6.45) is 0.825. The third-order valence-corrected chi connectivity index (χ3v) is 7.93. The highest BCUT2D eigenvalue weighted by Crippen LogP contribution is 2.34. The fourth-order valence-electron chi connectivity index (χ4n) is 4.69. The largest absolute Gasteiger partial charge is 0.491 e. The van der Waals surface area contributed by atoms with Crippen LogP contribution in [0, 0.1) is 6.92 Å². The molecule has 0 aliphatic carbocycles. The second-order valence-electron chi connectivity index (χ2n) is 10.0. The van der Waals surface area contributed by atoms with Crippen molar-refractivity contribution in [3.63, 3.8) is 0 Å². The SMILES string of the molecule is Cc1ccccc1C(=O)N(CC(=O)N1CCc2sccc2C1COc1ccc(C(C)C)cc1)C(C)C. The molecule has 1 aromatic heterocycles. The summed E-state index contributed by atoms with van der Waals surface area (Å²) in [4.78, 5) is 32.0. The number of aryl methyl sites for hydroxylation is 1. The maximum atomic E-state index is 13.7. The van der Waals surface area contributed by atoms with Gasteiger partial charge < -0.3 is 14.5 Å². The number of hydrogen-bond acceptors (Lipinski definition) is 4. The molecular weight excluding hydrogens is 468 g/mol. The molecule has 5 nitrogen and oxygen atoms in total. The second kappa shape index (κ2) is 11.3. The number of rotatable bonds is 8. The van der Waals surface area contributed by atoms with E-state index in [1.807, 2.05) is 62.1 Å². The lowest BCUT2D eigenvalue weighted by Crippen LogP contribution is -2.49. The van der Waals surface area contributed by atoms with Crippen LogP contribution < -0.4 is 4.74 Å². The first kappa shape index (κ1) is 26.0. The van der Waals surface area contributed by atoms with Crippen LogP contribution in [-0.2, 0) is 11.2 Å². The van der Waals surface area contributed by atoms with Gasteiger partial charge in [-0.05, 0) is 79.4 Å². The molecule has 4 rings (SSSR count). The Hall–Kier alpha value is -3.12. The number of thiophene rings is 1. The van der Waals surface area contributed by atoms with Crippen LogP contribution in [0.2, 0.25) is 0 Å². The Morgan fingerprint density at radius 1 is 1.06 bits per heavy atom. The van der Waals surface area contributed by atoms with E-state index < -0.39 is 0 Å². The Kier molecular flexibility index (Phi) is 8.14. The van der Waals surface area contributed by atoms with Gasteiger partial charge in [-0.2, -0.15) is 0 Å². The van der Waals surface area contributed by atoms with Gasteiger partial charge in [0.1, 0.15) is 18.9 Å². The molecule has 0 N–H and O–H groups in total. The lowest BCUT2D eigenvalue weighted by Gasteiger charge is -2.37. The van der Waals surface area contributed by atoms with Crippen molar-refractivity contribution in [2.45, 2.75) is 59.0 Å². The molecule has 0 saturated carbocycles. The number of hydrogen-bond donors (Lipinski definition) is 0. The van der Waals surface area contributed by atoms with E-state index in [4.69, 9.17) is 4.74 Å². The third-order valence-electron chi connectivity index (χ3n) is 6.94. The summed E-state index contributed by atoms with van der Waals surface area (Å²) in [7, 11) is 0. The summed E-state index contributed by atoms with van der Waals surface area (Å²) in [5, 5.41) is 2.09. The van der Waals surface area contributed by atoms with E-state index in [1.54, 1.807) is 16.2 Å². The summed E-state index contributed by atoms with van der Waals surface area (Å²) < 4.78 is 6.20. The van der Waals surface area contributed by atoms with Crippen molar-refractivity contribution in [3.05, 3.63) is 87.1 Å². The zero-order valence-corrected chi connectivity index (χ0v) is 22.7. The maximum absolute atomic E-state index is 13.7. The minimum absolute atomic E-state index is 0.0455. The van der Waals surface area contributed by atoms with Crippen molar-refractivity contribution in [2.24, 2.45) is 0 Å². The number of nitrogens with zero attached hydrogens (tertiary/aromatic N) is 2. The predicted molar refractivity (Wildman–Crippen MR) is 146 cm³/mol. The molecule has 0 saturated heterocycles. The van der Waals surface area contributed by atoms with E-state index in [0.29, 0.717) is 24.6 Å². The van der Waals surface area contributed by atoms with Crippen LogP contribution in [0.3, 0.4) is 0 Å². The number of carbonyl (C=O) groups excluding carboxylic acids is 2. The Balaban J connectivity index is 1.52. The van der Waals surface area contributed by atoms with Gasteiger partial charge in [0.15, 0.2) is 0 Å². The Morgan fingerprint density at radius 2 is 1.78 bits per heavy atom. The Labute approximate surface area is 218 Å². The van der Waals surface area contributed by atoms with Gasteiger partial charge in [0.05, 0.1) is 6.04 Å². The summed E-state index contributed by atoms with van der Waals surface area (Å²) >= 11 is 1.73. The lowest BCUT2D eigenvalue weighted by atomic mass is 10.00. The number of benzene rings is 2. The molecule has 3 aromatic rings. The predicted octanol–water partition coefficient (Wildman–Crippen LogP) is 6.24. The van der Waals surface area contributed by atoms with E-state index in [2.05, 4.69) is 37.4 Å². The third kappa shape index (κ3) is 5.65. The number of amides is 2. The zero-order valence-electron chi connectivity index (χ0n) is 21.9. The molecule has 6 heteroatoms. The zero-order chi connectivity index (χ0) is 25.8. The lowest BCUT2D eigenvalue weighted by molar-refractivity contribution is -0.136. The van der Waals surface area contributed by atoms with Gasteiger partial charge in [0.2, 0.25) is 5.91 Å². The van der Waals surface area contributed by atoms with Crippen molar-refractivity contribution in [1.29, 1.82) is 0 Å². The molecule has 190 valence electrons. The van der Waals surface area contributed by atoms with Gasteiger partial charge in [-0.1, -0.05) is 44.2 Å². The van der Waals surface area contributed by atoms with Crippen LogP contribution in [0.15, 0.2) is 60.0 Å². The first-order valence-electron chi connectivity index (χ1n) is 12.7. The number of ether oxygens (including phenoxy) is 1. The average Bonchev–Trinajstić information content (AvgIpc) is 3.35. The molecule has 2 heterocycles. The van der Waals surface area contributed by atoms with Crippen molar-refractivity contribution in [1.82, 2.24) is 9.80 Å². The monoisotopic (exact) mass is 504 g/mol. The van der Waals surface area contributed by atoms with Crippen molar-refractivity contribution in [3.8, 4) is 5.75 Å². The van der Waals surface area contributed by atoms with Crippen LogP contribution in [0.25, 0.3) is 0 Å². The summed E-state index contributed by atoms with van der Waals surface area (Å²) in [5.74, 6) is 1.10. The fraction of sp³-hybridized carbons (Fsp3) is 0.400. The van der Waals surface area contributed by atoms with E-state index in [9.17, 15) is 9.59 Å². The topological polar surface area (TPSA) is 49.9 Å². The number of carbonyl (C=O) groups is 2. The van der Waals surface area contributed by atoms with Gasteiger partial charge in [-0.25, -0.2) is 0 Å². The van der Waals surface area contributed by atoms with Crippen molar-refractivity contribution < 1.29 is 14.3 Å². The molecule has 0 fully saturated rings. The van der Waals surface area contributed by atoms with Crippen LogP contribution >= 0.6 is 11.3 Å². The maximum Gasteiger partial charge on any atom is 0.254 e. The first-order valence-corrected chi connectivity index (χ1v) is 13.6. The van der Waals surface area contributed by atoms with Crippen LogP contribution in [-0.4, -0.2) is 47.4 Å². The molecule has 2 amide bonds. The highest BCUT2D eigenvalue weighted by molar-refractivity contribution is 7.10. The average molecular weight is 505 g/mol. The Morgan fingerprint density at radius 3 is 2.44 bits per heavy atom. The molecule has 1 aliphatic heterocycles. The molecule has 0 bridgehead atoms. The molecule has 1 atom stereocenters. The minimum atomic E-state index is -0.181. The highest BCUT2D eigenvalue weighted by atomic mass is 32.1. The molecule has 0 spiro atoms. The fourth-order valence-corrected chi connectivity index (χ4v) is 5.62. The molecule has 1 aliphatic rings. The Bertz CT molecular complexity index is 1200. The summed E-state index contributed by atoms with van der Waals surface area (Å²) in [6, 6.07) is 17.6. The van der Waals surface area contributed by atoms with E-state index in [0.717, 1.165) is 23.3 Å². The number of fused-ring (bicyclic) bond motifs is 1. The summed E-state index contributed by atoms with van der Waals surface area (Å²) in [5.41, 5.74) is 3.97. The van der Waals surface area contributed by atoms with E-state index in [-0.39, 0.29) is 30.4 Å². The molecule has 1 unspecified atom stereocenters. The summed E-state index contributed by atoms with van der Waals surface area (Å²) in [6.45, 7) is 11.2. The van der Waals surface area contributed by atoms with Crippen molar-refractivity contribution in [2.75, 3.05) is 19.7 Å². The molecule has 2 aromatic carbocycles. The smallest absolute Gasteiger partial charge is 0.254 e. The van der Waals surface area contributed by atoms with Gasteiger partial charge in [-0.15, -0.1) is 11.3 Å². The minimum Gasteiger partial charge on any atom is -0.491 e. The van der Waals surface area contributed by atoms with Gasteiger partial charge >= 0.3 is 0 Å². The van der Waals surface area contributed by atoms with Crippen LogP contribution in [0.5, 0.6) is 5.75 Å². The van der Waals surface area contributed by atoms with Gasteiger partial charge in [0, 0.05) is 23.0 Å². The van der Waals surface area contributed by atoms with Crippen LogP contribution in [0.1, 0.15) is 71.6 Å². The molecule has 36 heavy (non-hydrogen) atoms. The van der Waals surface area contributed by atoms with Gasteiger partial charge in [0.25, 0.3) is 5.91 Å². The van der Waals surface area contributed by atoms with E-state index >= 15 is 0 Å². The van der Waals surface area contributed by atoms with Crippen LogP contribution in [0.4, 0.5) is 0 Å². The normalized spacial score (nSPS) is 15.2. The van der Waals surface area contributed by atoms with Crippen molar-refractivity contribution >= 4 is 23.2 Å². The molecule has 0 radical (unpaired) electrons. The van der Waals surface area contributed by atoms with E-state index in [1.165, 1.54) is 10.4 Å². The highest BCUT2D eigenvalue weighted by Gasteiger charge is 2.34. The standard InChI is InChI=1S/C30H36N2O3S/c1-20(2)23-10-12-24(13-11-23)35-19-27-26-15-17-36-28(26)14-16-31(27)29(33)18-32(21(3)4)30(34)25-9-7-6-8-22(25)5/h6-13,15,17,20-21,27H,14,16,18-19H2,1-5H3. The second-order valence-corrected chi connectivity index (χ2v) is 11.0. The van der Waals surface area contributed by atoms with Gasteiger partial charge in [-0.3, -0.25) is 9.59 Å². The first-order chi connectivity index (χ1) is 17.3. The quantitative estimate of drug-likeness (QED) is 0.365. The molecular formula is C30H36N2O3S.